The van der Waals surface area contributed by atoms with Gasteiger partial charge in [0.1, 0.15) is 5.75 Å². The molecule has 4 aromatic rings. The van der Waals surface area contributed by atoms with Crippen molar-refractivity contribution in [1.29, 1.82) is 0 Å². The zero-order valence-corrected chi connectivity index (χ0v) is 20.1. The van der Waals surface area contributed by atoms with Crippen LogP contribution in [0.2, 0.25) is 0 Å². The van der Waals surface area contributed by atoms with E-state index in [1.165, 1.54) is 5.56 Å². The Hall–Kier alpha value is -3.87. The second kappa shape index (κ2) is 8.82. The third kappa shape index (κ3) is 3.87. The summed E-state index contributed by atoms with van der Waals surface area (Å²) in [6.07, 6.45) is 1.71. The van der Waals surface area contributed by atoms with Crippen LogP contribution in [0.25, 0.3) is 16.8 Å². The Bertz CT molecular complexity index is 1350. The number of aromatic nitrogens is 3. The molecular weight excluding hydrogens is 426 g/mol. The number of methoxy groups -OCH3 is 1. The van der Waals surface area contributed by atoms with E-state index >= 15 is 0 Å². The molecule has 1 fully saturated rings. The number of piperazine rings is 1. The predicted octanol–water partition coefficient (Wildman–Crippen LogP) is 4.29. The quantitative estimate of drug-likeness (QED) is 0.459. The van der Waals surface area contributed by atoms with Crippen LogP contribution < -0.4 is 9.64 Å². The number of fused-ring (bicyclic) bond motifs is 1. The van der Waals surface area contributed by atoms with Crippen LogP contribution in [0.4, 0.5) is 5.69 Å². The lowest BCUT2D eigenvalue weighted by atomic mass is 10.0. The number of carbonyl (C=O) groups is 1. The molecule has 0 bridgehead atoms. The normalized spacial score (nSPS) is 14.0. The Morgan fingerprint density at radius 2 is 1.71 bits per heavy atom. The standard InChI is InChI=1S/C27H29N5O2/c1-18-6-5-7-21(16-18)25-19(2)29-32-20(3)24(17-28-26(25)32)27(33)31-14-12-30(13-15-31)22-8-10-23(34-4)11-9-22/h5-11,16-17H,12-15H2,1-4H3. The second-order valence-corrected chi connectivity index (χ2v) is 8.80. The highest BCUT2D eigenvalue weighted by molar-refractivity contribution is 5.96. The fraction of sp³-hybridized carbons (Fsp3) is 0.296. The second-order valence-electron chi connectivity index (χ2n) is 8.80. The summed E-state index contributed by atoms with van der Waals surface area (Å²) in [5.41, 5.74) is 7.53. The molecule has 0 saturated carbocycles. The Labute approximate surface area is 199 Å². The molecule has 0 radical (unpaired) electrons. The zero-order valence-electron chi connectivity index (χ0n) is 20.1. The minimum atomic E-state index is 0.00606. The van der Waals surface area contributed by atoms with Crippen LogP contribution in [-0.4, -0.2) is 58.7 Å². The summed E-state index contributed by atoms with van der Waals surface area (Å²) in [5.74, 6) is 0.849. The van der Waals surface area contributed by atoms with Gasteiger partial charge in [0, 0.05) is 43.6 Å². The highest BCUT2D eigenvalue weighted by Gasteiger charge is 2.25. The summed E-state index contributed by atoms with van der Waals surface area (Å²) in [7, 11) is 1.67. The molecule has 7 nitrogen and oxygen atoms in total. The minimum Gasteiger partial charge on any atom is -0.497 e. The van der Waals surface area contributed by atoms with Crippen LogP contribution in [0.1, 0.15) is 27.3 Å². The molecule has 174 valence electrons. The number of hydrogen-bond acceptors (Lipinski definition) is 5. The third-order valence-electron chi connectivity index (χ3n) is 6.60. The van der Waals surface area contributed by atoms with Gasteiger partial charge in [-0.25, -0.2) is 9.50 Å². The molecule has 5 rings (SSSR count). The van der Waals surface area contributed by atoms with Crippen molar-refractivity contribution in [2.75, 3.05) is 38.2 Å². The van der Waals surface area contributed by atoms with E-state index < -0.39 is 0 Å². The van der Waals surface area contributed by atoms with Crippen LogP contribution in [0.15, 0.2) is 54.7 Å². The zero-order chi connectivity index (χ0) is 23.8. The van der Waals surface area contributed by atoms with E-state index in [2.05, 4.69) is 42.2 Å². The van der Waals surface area contributed by atoms with E-state index in [1.807, 2.05) is 41.5 Å². The number of hydrogen-bond donors (Lipinski definition) is 0. The molecule has 3 heterocycles. The van der Waals surface area contributed by atoms with Crippen molar-refractivity contribution in [3.8, 4) is 16.9 Å². The molecule has 1 amide bonds. The maximum atomic E-state index is 13.4. The van der Waals surface area contributed by atoms with Crippen molar-refractivity contribution in [3.63, 3.8) is 0 Å². The van der Waals surface area contributed by atoms with Crippen molar-refractivity contribution in [2.24, 2.45) is 0 Å². The van der Waals surface area contributed by atoms with E-state index in [1.54, 1.807) is 13.3 Å². The molecule has 34 heavy (non-hydrogen) atoms. The number of amides is 1. The predicted molar refractivity (Wildman–Crippen MR) is 134 cm³/mol. The first kappa shape index (κ1) is 21.9. The molecule has 0 atom stereocenters. The number of benzene rings is 2. The van der Waals surface area contributed by atoms with Gasteiger partial charge in [0.25, 0.3) is 5.91 Å². The molecule has 7 heteroatoms. The Balaban J connectivity index is 1.37. The molecule has 2 aromatic carbocycles. The van der Waals surface area contributed by atoms with Crippen LogP contribution >= 0.6 is 0 Å². The number of ether oxygens (including phenoxy) is 1. The van der Waals surface area contributed by atoms with E-state index in [0.717, 1.165) is 52.7 Å². The molecule has 0 aliphatic carbocycles. The summed E-state index contributed by atoms with van der Waals surface area (Å²) < 4.78 is 7.06. The molecule has 1 aliphatic heterocycles. The summed E-state index contributed by atoms with van der Waals surface area (Å²) in [6.45, 7) is 8.91. The van der Waals surface area contributed by atoms with Gasteiger partial charge in [0.2, 0.25) is 0 Å². The number of aryl methyl sites for hydroxylation is 3. The van der Waals surface area contributed by atoms with Crippen molar-refractivity contribution < 1.29 is 9.53 Å². The van der Waals surface area contributed by atoms with Gasteiger partial charge >= 0.3 is 0 Å². The Kier molecular flexibility index (Phi) is 5.69. The number of nitrogens with zero attached hydrogens (tertiary/aromatic N) is 5. The van der Waals surface area contributed by atoms with Gasteiger partial charge in [-0.05, 0) is 50.6 Å². The third-order valence-corrected chi connectivity index (χ3v) is 6.60. The minimum absolute atomic E-state index is 0.00606. The molecule has 2 aromatic heterocycles. The molecule has 1 aliphatic rings. The van der Waals surface area contributed by atoms with Crippen molar-refractivity contribution in [1.82, 2.24) is 19.5 Å². The maximum absolute atomic E-state index is 13.4. The molecule has 0 N–H and O–H groups in total. The van der Waals surface area contributed by atoms with Gasteiger partial charge in [-0.3, -0.25) is 4.79 Å². The first-order valence-electron chi connectivity index (χ1n) is 11.6. The maximum Gasteiger partial charge on any atom is 0.257 e. The van der Waals surface area contributed by atoms with Crippen LogP contribution in [0.5, 0.6) is 5.75 Å². The number of carbonyl (C=O) groups excluding carboxylic acids is 1. The van der Waals surface area contributed by atoms with Gasteiger partial charge in [0.05, 0.1) is 24.1 Å². The summed E-state index contributed by atoms with van der Waals surface area (Å²) in [4.78, 5) is 22.3. The smallest absolute Gasteiger partial charge is 0.257 e. The van der Waals surface area contributed by atoms with Gasteiger partial charge in [0.15, 0.2) is 5.65 Å². The fourth-order valence-corrected chi connectivity index (χ4v) is 4.68. The highest BCUT2D eigenvalue weighted by atomic mass is 16.5. The molecule has 1 saturated heterocycles. The summed E-state index contributed by atoms with van der Waals surface area (Å²) in [5, 5.41) is 4.74. The molecule has 0 spiro atoms. The van der Waals surface area contributed by atoms with Crippen molar-refractivity contribution in [2.45, 2.75) is 20.8 Å². The molecule has 0 unspecified atom stereocenters. The topological polar surface area (TPSA) is 63.0 Å². The van der Waals surface area contributed by atoms with Crippen molar-refractivity contribution in [3.05, 3.63) is 77.2 Å². The number of anilines is 1. The fourth-order valence-electron chi connectivity index (χ4n) is 4.68. The lowest BCUT2D eigenvalue weighted by Gasteiger charge is -2.36. The monoisotopic (exact) mass is 455 g/mol. The van der Waals surface area contributed by atoms with Gasteiger partial charge in [-0.2, -0.15) is 5.10 Å². The number of rotatable bonds is 4. The SMILES string of the molecule is COc1ccc(N2CCN(C(=O)c3cnc4c(-c5cccc(C)c5)c(C)nn4c3C)CC2)cc1. The van der Waals surface area contributed by atoms with E-state index in [0.29, 0.717) is 18.7 Å². The van der Waals surface area contributed by atoms with Gasteiger partial charge in [-0.1, -0.05) is 29.8 Å². The van der Waals surface area contributed by atoms with Gasteiger partial charge < -0.3 is 14.5 Å². The lowest BCUT2D eigenvalue weighted by molar-refractivity contribution is 0.0745. The first-order valence-corrected chi connectivity index (χ1v) is 11.6. The average Bonchev–Trinajstić information content (AvgIpc) is 3.21. The Morgan fingerprint density at radius 3 is 2.38 bits per heavy atom. The highest BCUT2D eigenvalue weighted by Crippen LogP contribution is 2.29. The average molecular weight is 456 g/mol. The first-order chi connectivity index (χ1) is 16.5. The van der Waals surface area contributed by atoms with E-state index in [9.17, 15) is 4.79 Å². The van der Waals surface area contributed by atoms with Gasteiger partial charge in [-0.15, -0.1) is 0 Å². The van der Waals surface area contributed by atoms with E-state index in [-0.39, 0.29) is 5.91 Å². The molecular formula is C27H29N5O2. The van der Waals surface area contributed by atoms with Crippen LogP contribution in [-0.2, 0) is 0 Å². The summed E-state index contributed by atoms with van der Waals surface area (Å²) in [6, 6.07) is 16.4. The largest absolute Gasteiger partial charge is 0.497 e. The van der Waals surface area contributed by atoms with Crippen LogP contribution in [0.3, 0.4) is 0 Å². The van der Waals surface area contributed by atoms with Crippen LogP contribution in [0, 0.1) is 20.8 Å². The lowest BCUT2D eigenvalue weighted by Crippen LogP contribution is -2.49. The summed E-state index contributed by atoms with van der Waals surface area (Å²) >= 11 is 0. The van der Waals surface area contributed by atoms with Crippen molar-refractivity contribution >= 4 is 17.2 Å². The van der Waals surface area contributed by atoms with E-state index in [4.69, 9.17) is 14.8 Å². The Morgan fingerprint density at radius 1 is 0.971 bits per heavy atom.